The van der Waals surface area contributed by atoms with E-state index >= 15 is 0 Å². The number of nitrogens with one attached hydrogen (secondary N) is 1. The van der Waals surface area contributed by atoms with Crippen molar-refractivity contribution in [2.45, 2.75) is 19.9 Å². The molecule has 1 aliphatic heterocycles. The van der Waals surface area contributed by atoms with E-state index in [9.17, 15) is 4.79 Å². The molecule has 1 fully saturated rings. The standard InChI is InChI=1S/C25H27N7O/c1-2-19-8-6-7-11-22(19)29-23(33)17-32-25-21(16-28-32)24(26-18-27-25)31-14-12-30(13-15-31)20-9-4-3-5-10-20/h3-11,16,18H,2,12-15,17H2,1H3,(H,29,33). The molecule has 0 radical (unpaired) electrons. The first kappa shape index (κ1) is 20.9. The van der Waals surface area contributed by atoms with Crippen molar-refractivity contribution in [2.75, 3.05) is 41.3 Å². The molecule has 0 spiro atoms. The molecule has 0 aliphatic carbocycles. The van der Waals surface area contributed by atoms with Gasteiger partial charge >= 0.3 is 0 Å². The van der Waals surface area contributed by atoms with Crippen LogP contribution in [-0.2, 0) is 17.8 Å². The van der Waals surface area contributed by atoms with E-state index in [-0.39, 0.29) is 12.5 Å². The molecule has 3 heterocycles. The molecule has 33 heavy (non-hydrogen) atoms. The van der Waals surface area contributed by atoms with Crippen molar-refractivity contribution in [3.8, 4) is 0 Å². The largest absolute Gasteiger partial charge is 0.368 e. The molecule has 8 heteroatoms. The predicted octanol–water partition coefficient (Wildman–Crippen LogP) is 3.35. The lowest BCUT2D eigenvalue weighted by atomic mass is 10.1. The topological polar surface area (TPSA) is 79.2 Å². The van der Waals surface area contributed by atoms with Crippen LogP contribution in [0.5, 0.6) is 0 Å². The molecule has 8 nitrogen and oxygen atoms in total. The Hall–Kier alpha value is -3.94. The summed E-state index contributed by atoms with van der Waals surface area (Å²) in [5.41, 5.74) is 3.86. The van der Waals surface area contributed by atoms with Crippen molar-refractivity contribution in [3.05, 3.63) is 72.7 Å². The first-order valence-electron chi connectivity index (χ1n) is 11.3. The van der Waals surface area contributed by atoms with Gasteiger partial charge in [0.2, 0.25) is 5.91 Å². The van der Waals surface area contributed by atoms with Crippen LogP contribution in [0, 0.1) is 0 Å². The predicted molar refractivity (Wildman–Crippen MR) is 131 cm³/mol. The first-order valence-corrected chi connectivity index (χ1v) is 11.3. The monoisotopic (exact) mass is 441 g/mol. The number of nitrogens with zero attached hydrogens (tertiary/aromatic N) is 6. The van der Waals surface area contributed by atoms with Crippen molar-refractivity contribution in [3.63, 3.8) is 0 Å². The Morgan fingerprint density at radius 3 is 2.45 bits per heavy atom. The highest BCUT2D eigenvalue weighted by molar-refractivity contribution is 5.93. The minimum atomic E-state index is -0.127. The zero-order valence-corrected chi connectivity index (χ0v) is 18.7. The highest BCUT2D eigenvalue weighted by atomic mass is 16.2. The molecule has 1 N–H and O–H groups in total. The molecule has 1 aliphatic rings. The minimum absolute atomic E-state index is 0.0970. The fourth-order valence-corrected chi connectivity index (χ4v) is 4.34. The maximum absolute atomic E-state index is 12.7. The number of anilines is 3. The lowest BCUT2D eigenvalue weighted by Gasteiger charge is -2.36. The third-order valence-corrected chi connectivity index (χ3v) is 6.08. The molecule has 0 saturated carbocycles. The summed E-state index contributed by atoms with van der Waals surface area (Å²) in [6, 6.07) is 18.3. The van der Waals surface area contributed by atoms with E-state index in [1.54, 1.807) is 17.2 Å². The number of aromatic nitrogens is 4. The Balaban J connectivity index is 1.30. The van der Waals surface area contributed by atoms with Crippen LogP contribution in [0.2, 0.25) is 0 Å². The number of carbonyl (C=O) groups is 1. The van der Waals surface area contributed by atoms with E-state index in [1.165, 1.54) is 5.69 Å². The SMILES string of the molecule is CCc1ccccc1NC(=O)Cn1ncc2c(N3CCN(c4ccccc4)CC3)ncnc21. The Labute approximate surface area is 192 Å². The molecule has 4 aromatic rings. The number of aryl methyl sites for hydroxylation is 1. The van der Waals surface area contributed by atoms with Gasteiger partial charge in [-0.1, -0.05) is 43.3 Å². The van der Waals surface area contributed by atoms with E-state index in [0.717, 1.165) is 55.1 Å². The molecule has 0 unspecified atom stereocenters. The zero-order valence-electron chi connectivity index (χ0n) is 18.7. The van der Waals surface area contributed by atoms with Gasteiger partial charge in [-0.05, 0) is 30.2 Å². The number of rotatable bonds is 6. The van der Waals surface area contributed by atoms with Crippen molar-refractivity contribution in [1.29, 1.82) is 0 Å². The Morgan fingerprint density at radius 2 is 1.67 bits per heavy atom. The number of fused-ring (bicyclic) bond motifs is 1. The fraction of sp³-hybridized carbons (Fsp3) is 0.280. The quantitative estimate of drug-likeness (QED) is 0.494. The third-order valence-electron chi connectivity index (χ3n) is 6.08. The summed E-state index contributed by atoms with van der Waals surface area (Å²) in [5, 5.41) is 8.33. The number of hydrogen-bond donors (Lipinski definition) is 1. The van der Waals surface area contributed by atoms with Gasteiger partial charge in [-0.2, -0.15) is 5.10 Å². The molecule has 1 amide bonds. The summed E-state index contributed by atoms with van der Waals surface area (Å²) in [7, 11) is 0. The molecule has 5 rings (SSSR count). The van der Waals surface area contributed by atoms with E-state index in [0.29, 0.717) is 5.65 Å². The van der Waals surface area contributed by atoms with E-state index in [2.05, 4.69) is 61.4 Å². The van der Waals surface area contributed by atoms with Crippen LogP contribution in [-0.4, -0.2) is 51.8 Å². The summed E-state index contributed by atoms with van der Waals surface area (Å²) in [5.74, 6) is 0.744. The van der Waals surface area contributed by atoms with E-state index in [1.807, 2.05) is 30.3 Å². The van der Waals surface area contributed by atoms with Crippen LogP contribution in [0.4, 0.5) is 17.2 Å². The van der Waals surface area contributed by atoms with Gasteiger partial charge in [0.05, 0.1) is 11.6 Å². The van der Waals surface area contributed by atoms with Gasteiger partial charge in [-0.15, -0.1) is 0 Å². The number of amides is 1. The summed E-state index contributed by atoms with van der Waals surface area (Å²) >= 11 is 0. The molecular formula is C25H27N7O. The average Bonchev–Trinajstić information content (AvgIpc) is 3.28. The lowest BCUT2D eigenvalue weighted by molar-refractivity contribution is -0.116. The van der Waals surface area contributed by atoms with Crippen LogP contribution in [0.1, 0.15) is 12.5 Å². The Morgan fingerprint density at radius 1 is 0.939 bits per heavy atom. The zero-order chi connectivity index (χ0) is 22.6. The Bertz CT molecular complexity index is 1250. The van der Waals surface area contributed by atoms with Gasteiger partial charge in [0.1, 0.15) is 18.7 Å². The van der Waals surface area contributed by atoms with Gasteiger partial charge in [0, 0.05) is 37.6 Å². The van der Waals surface area contributed by atoms with Gasteiger partial charge in [-0.25, -0.2) is 14.6 Å². The van der Waals surface area contributed by atoms with Crippen molar-refractivity contribution < 1.29 is 4.79 Å². The lowest BCUT2D eigenvalue weighted by Crippen LogP contribution is -2.46. The molecule has 1 saturated heterocycles. The summed E-state index contributed by atoms with van der Waals surface area (Å²) in [6.45, 7) is 5.73. The van der Waals surface area contributed by atoms with E-state index < -0.39 is 0 Å². The normalized spacial score (nSPS) is 14.0. The van der Waals surface area contributed by atoms with Gasteiger partial charge in [0.25, 0.3) is 0 Å². The number of para-hydroxylation sites is 2. The van der Waals surface area contributed by atoms with Crippen LogP contribution < -0.4 is 15.1 Å². The second-order valence-electron chi connectivity index (χ2n) is 8.11. The third kappa shape index (κ3) is 4.37. The van der Waals surface area contributed by atoms with Crippen molar-refractivity contribution in [2.24, 2.45) is 0 Å². The maximum atomic E-state index is 12.7. The van der Waals surface area contributed by atoms with E-state index in [4.69, 9.17) is 0 Å². The van der Waals surface area contributed by atoms with Crippen molar-refractivity contribution in [1.82, 2.24) is 19.7 Å². The van der Waals surface area contributed by atoms with Crippen molar-refractivity contribution >= 4 is 34.1 Å². The summed E-state index contributed by atoms with van der Waals surface area (Å²) in [4.78, 5) is 26.4. The fourth-order valence-electron chi connectivity index (χ4n) is 4.34. The number of piperazine rings is 1. The van der Waals surface area contributed by atoms with Gasteiger partial charge < -0.3 is 15.1 Å². The van der Waals surface area contributed by atoms with Crippen LogP contribution in [0.15, 0.2) is 67.1 Å². The molecule has 0 atom stereocenters. The minimum Gasteiger partial charge on any atom is -0.368 e. The molecule has 2 aromatic carbocycles. The number of benzene rings is 2. The summed E-state index contributed by atoms with van der Waals surface area (Å²) in [6.07, 6.45) is 4.18. The molecule has 2 aromatic heterocycles. The second-order valence-corrected chi connectivity index (χ2v) is 8.11. The van der Waals surface area contributed by atoms with Gasteiger partial charge in [-0.3, -0.25) is 4.79 Å². The van der Waals surface area contributed by atoms with Gasteiger partial charge in [0.15, 0.2) is 5.65 Å². The van der Waals surface area contributed by atoms with Crippen LogP contribution in [0.3, 0.4) is 0 Å². The number of hydrogen-bond acceptors (Lipinski definition) is 6. The number of carbonyl (C=O) groups excluding carboxylic acids is 1. The van der Waals surface area contributed by atoms with Crippen LogP contribution >= 0.6 is 0 Å². The maximum Gasteiger partial charge on any atom is 0.246 e. The highest BCUT2D eigenvalue weighted by Crippen LogP contribution is 2.25. The molecule has 0 bridgehead atoms. The second kappa shape index (κ2) is 9.28. The smallest absolute Gasteiger partial charge is 0.246 e. The summed E-state index contributed by atoms with van der Waals surface area (Å²) < 4.78 is 1.64. The highest BCUT2D eigenvalue weighted by Gasteiger charge is 2.22. The van der Waals surface area contributed by atoms with Crippen LogP contribution in [0.25, 0.3) is 11.0 Å². The average molecular weight is 442 g/mol. The molecule has 168 valence electrons. The first-order chi connectivity index (χ1) is 16.2. The molecular weight excluding hydrogens is 414 g/mol. The Kier molecular flexibility index (Phi) is 5.89.